The summed E-state index contributed by atoms with van der Waals surface area (Å²) in [5, 5.41) is 0.696. The molecule has 1 heterocycles. The molecule has 19 heavy (non-hydrogen) atoms. The lowest BCUT2D eigenvalue weighted by Gasteiger charge is -2.13. The summed E-state index contributed by atoms with van der Waals surface area (Å²) in [5.41, 5.74) is 6.87. The lowest BCUT2D eigenvalue weighted by atomic mass is 10.1. The van der Waals surface area contributed by atoms with Crippen molar-refractivity contribution in [2.45, 2.75) is 26.0 Å². The van der Waals surface area contributed by atoms with Crippen molar-refractivity contribution in [2.75, 3.05) is 0 Å². The highest BCUT2D eigenvalue weighted by molar-refractivity contribution is 7.16. The van der Waals surface area contributed by atoms with Crippen molar-refractivity contribution in [3.63, 3.8) is 0 Å². The third kappa shape index (κ3) is 4.39. The Morgan fingerprint density at radius 3 is 2.68 bits per heavy atom. The van der Waals surface area contributed by atoms with E-state index in [2.05, 4.69) is 0 Å². The van der Waals surface area contributed by atoms with Crippen LogP contribution in [0.15, 0.2) is 30.3 Å². The van der Waals surface area contributed by atoms with E-state index in [9.17, 15) is 0 Å². The summed E-state index contributed by atoms with van der Waals surface area (Å²) in [6, 6.07) is 9.51. The second kappa shape index (κ2) is 6.62. The molecular weight excluding hydrogens is 301 g/mol. The molecule has 2 nitrogen and oxygen atoms in total. The van der Waals surface area contributed by atoms with Gasteiger partial charge in [0.2, 0.25) is 0 Å². The highest BCUT2D eigenvalue weighted by atomic mass is 35.5. The molecule has 0 aliphatic rings. The lowest BCUT2D eigenvalue weighted by molar-refractivity contribution is 0.306. The summed E-state index contributed by atoms with van der Waals surface area (Å²) < 4.78 is 6.60. The standard InChI is InChI=1S/C14H15Cl2NOS/c1-9(17)6-10-7-11(15)2-4-13(10)18-8-12-3-5-14(16)19-12/h2-5,7,9H,6,8,17H2,1H3. The number of benzene rings is 1. The Bertz CT molecular complexity index is 554. The minimum Gasteiger partial charge on any atom is -0.488 e. The number of rotatable bonds is 5. The van der Waals surface area contributed by atoms with Gasteiger partial charge < -0.3 is 10.5 Å². The maximum absolute atomic E-state index is 6.01. The number of hydrogen-bond donors (Lipinski definition) is 1. The Morgan fingerprint density at radius 1 is 1.26 bits per heavy atom. The summed E-state index contributed by atoms with van der Waals surface area (Å²) >= 11 is 13.4. The minimum absolute atomic E-state index is 0.0667. The van der Waals surface area contributed by atoms with E-state index >= 15 is 0 Å². The molecule has 2 N–H and O–H groups in total. The van der Waals surface area contributed by atoms with Crippen LogP contribution in [0.3, 0.4) is 0 Å². The Kier molecular flexibility index (Phi) is 5.11. The van der Waals surface area contributed by atoms with Crippen LogP contribution in [0.2, 0.25) is 9.36 Å². The van der Waals surface area contributed by atoms with Crippen LogP contribution in [0.1, 0.15) is 17.4 Å². The molecule has 0 radical (unpaired) electrons. The van der Waals surface area contributed by atoms with Crippen LogP contribution in [0, 0.1) is 0 Å². The van der Waals surface area contributed by atoms with Gasteiger partial charge in [0.05, 0.1) is 4.34 Å². The molecule has 1 aromatic heterocycles. The monoisotopic (exact) mass is 315 g/mol. The van der Waals surface area contributed by atoms with Gasteiger partial charge >= 0.3 is 0 Å². The van der Waals surface area contributed by atoms with Crippen molar-refractivity contribution < 1.29 is 4.74 Å². The summed E-state index contributed by atoms with van der Waals surface area (Å²) in [7, 11) is 0. The predicted octanol–water partition coefficient (Wildman–Crippen LogP) is 4.52. The van der Waals surface area contributed by atoms with Gasteiger partial charge in [-0.25, -0.2) is 0 Å². The maximum atomic E-state index is 6.01. The van der Waals surface area contributed by atoms with Gasteiger partial charge in [0.15, 0.2) is 0 Å². The largest absolute Gasteiger partial charge is 0.488 e. The molecular formula is C14H15Cl2NOS. The van der Waals surface area contributed by atoms with E-state index in [-0.39, 0.29) is 6.04 Å². The number of halogens is 2. The third-order valence-electron chi connectivity index (χ3n) is 2.56. The first-order valence-corrected chi connectivity index (χ1v) is 7.53. The van der Waals surface area contributed by atoms with E-state index < -0.39 is 0 Å². The zero-order valence-electron chi connectivity index (χ0n) is 10.5. The minimum atomic E-state index is 0.0667. The molecule has 0 aliphatic carbocycles. The van der Waals surface area contributed by atoms with Crippen molar-refractivity contribution >= 4 is 34.5 Å². The smallest absolute Gasteiger partial charge is 0.123 e. The molecule has 2 rings (SSSR count). The van der Waals surface area contributed by atoms with E-state index in [1.165, 1.54) is 11.3 Å². The topological polar surface area (TPSA) is 35.2 Å². The van der Waals surface area contributed by atoms with E-state index in [0.29, 0.717) is 11.6 Å². The Balaban J connectivity index is 2.10. The quantitative estimate of drug-likeness (QED) is 0.880. The Labute approximate surface area is 127 Å². The number of hydrogen-bond acceptors (Lipinski definition) is 3. The van der Waals surface area contributed by atoms with E-state index in [0.717, 1.165) is 26.9 Å². The molecule has 0 fully saturated rings. The molecule has 1 aromatic carbocycles. The first kappa shape index (κ1) is 14.7. The average Bonchev–Trinajstić information content (AvgIpc) is 2.73. The molecule has 0 spiro atoms. The molecule has 0 bridgehead atoms. The molecule has 2 aromatic rings. The summed E-state index contributed by atoms with van der Waals surface area (Å²) in [5.74, 6) is 0.825. The predicted molar refractivity (Wildman–Crippen MR) is 82.5 cm³/mol. The molecule has 0 saturated carbocycles. The lowest BCUT2D eigenvalue weighted by Crippen LogP contribution is -2.18. The van der Waals surface area contributed by atoms with Crippen LogP contribution in [-0.4, -0.2) is 6.04 Å². The van der Waals surface area contributed by atoms with Gasteiger partial charge in [-0.2, -0.15) is 0 Å². The van der Waals surface area contributed by atoms with E-state index in [1.54, 1.807) is 0 Å². The normalized spacial score (nSPS) is 12.4. The Hall–Kier alpha value is -0.740. The van der Waals surface area contributed by atoms with Crippen molar-refractivity contribution in [3.8, 4) is 5.75 Å². The molecule has 0 saturated heterocycles. The van der Waals surface area contributed by atoms with Crippen LogP contribution in [0.4, 0.5) is 0 Å². The first-order chi connectivity index (χ1) is 9.04. The van der Waals surface area contributed by atoms with Crippen LogP contribution in [0.5, 0.6) is 5.75 Å². The van der Waals surface area contributed by atoms with Crippen molar-refractivity contribution in [3.05, 3.63) is 50.1 Å². The number of ether oxygens (including phenoxy) is 1. The molecule has 0 aliphatic heterocycles. The first-order valence-electron chi connectivity index (χ1n) is 5.95. The second-order valence-corrected chi connectivity index (χ2v) is 6.66. The summed E-state index contributed by atoms with van der Waals surface area (Å²) in [4.78, 5) is 1.09. The van der Waals surface area contributed by atoms with Crippen LogP contribution < -0.4 is 10.5 Å². The third-order valence-corrected chi connectivity index (χ3v) is 4.00. The van der Waals surface area contributed by atoms with Gasteiger partial charge in [0.1, 0.15) is 12.4 Å². The number of nitrogens with two attached hydrogens (primary N) is 1. The van der Waals surface area contributed by atoms with Crippen LogP contribution >= 0.6 is 34.5 Å². The molecule has 1 atom stereocenters. The van der Waals surface area contributed by atoms with Gasteiger partial charge in [0.25, 0.3) is 0 Å². The second-order valence-electron chi connectivity index (χ2n) is 4.43. The van der Waals surface area contributed by atoms with Gasteiger partial charge in [-0.1, -0.05) is 23.2 Å². The Morgan fingerprint density at radius 2 is 2.05 bits per heavy atom. The molecule has 102 valence electrons. The molecule has 5 heteroatoms. The van der Waals surface area contributed by atoms with Gasteiger partial charge in [-0.15, -0.1) is 11.3 Å². The van der Waals surface area contributed by atoms with E-state index in [4.69, 9.17) is 33.7 Å². The van der Waals surface area contributed by atoms with Crippen LogP contribution in [0.25, 0.3) is 0 Å². The van der Waals surface area contributed by atoms with Crippen molar-refractivity contribution in [2.24, 2.45) is 5.73 Å². The van der Waals surface area contributed by atoms with Gasteiger partial charge in [-0.3, -0.25) is 0 Å². The molecule has 1 unspecified atom stereocenters. The van der Waals surface area contributed by atoms with E-state index in [1.807, 2.05) is 37.3 Å². The zero-order chi connectivity index (χ0) is 13.8. The zero-order valence-corrected chi connectivity index (χ0v) is 12.9. The van der Waals surface area contributed by atoms with Crippen LogP contribution in [-0.2, 0) is 13.0 Å². The maximum Gasteiger partial charge on any atom is 0.123 e. The average molecular weight is 316 g/mol. The fourth-order valence-electron chi connectivity index (χ4n) is 1.77. The van der Waals surface area contributed by atoms with Gasteiger partial charge in [0, 0.05) is 15.9 Å². The highest BCUT2D eigenvalue weighted by Gasteiger charge is 2.08. The number of thiophene rings is 1. The SMILES string of the molecule is CC(N)Cc1cc(Cl)ccc1OCc1ccc(Cl)s1. The van der Waals surface area contributed by atoms with Crippen molar-refractivity contribution in [1.82, 2.24) is 0 Å². The van der Waals surface area contributed by atoms with Crippen molar-refractivity contribution in [1.29, 1.82) is 0 Å². The highest BCUT2D eigenvalue weighted by Crippen LogP contribution is 2.27. The van der Waals surface area contributed by atoms with Gasteiger partial charge in [-0.05, 0) is 49.2 Å². The summed E-state index contributed by atoms with van der Waals surface area (Å²) in [6.45, 7) is 2.47. The summed E-state index contributed by atoms with van der Waals surface area (Å²) in [6.07, 6.45) is 0.737. The molecule has 0 amide bonds. The fourth-order valence-corrected chi connectivity index (χ4v) is 2.97. The fraction of sp³-hybridized carbons (Fsp3) is 0.286.